The summed E-state index contributed by atoms with van der Waals surface area (Å²) in [6.07, 6.45) is 0. The molecule has 0 amide bonds. The van der Waals surface area contributed by atoms with E-state index in [1.54, 1.807) is 0 Å². The van der Waals surface area contributed by atoms with Gasteiger partial charge in [0.15, 0.2) is 0 Å². The molecule has 0 unspecified atom stereocenters. The van der Waals surface area contributed by atoms with Crippen molar-refractivity contribution in [1.29, 1.82) is 0 Å². The minimum absolute atomic E-state index is 1.31. The summed E-state index contributed by atoms with van der Waals surface area (Å²) >= 11 is 0. The van der Waals surface area contributed by atoms with Crippen LogP contribution in [0.1, 0.15) is 191 Å². The molecule has 0 saturated carbocycles. The van der Waals surface area contributed by atoms with Crippen LogP contribution < -0.4 is 0 Å². The summed E-state index contributed by atoms with van der Waals surface area (Å²) in [5.41, 5.74) is 2.80. The maximum Gasteiger partial charge on any atom is -0.0103 e. The summed E-state index contributed by atoms with van der Waals surface area (Å²) in [7, 11) is 0. The van der Waals surface area contributed by atoms with Crippen LogP contribution in [-0.4, -0.2) is 0 Å². The first-order valence-corrected chi connectivity index (χ1v) is 33.7. The van der Waals surface area contributed by atoms with Gasteiger partial charge < -0.3 is 0 Å². The van der Waals surface area contributed by atoms with Gasteiger partial charge in [-0.3, -0.25) is 0 Å². The monoisotopic (exact) mass is 1160 g/mol. The van der Waals surface area contributed by atoms with Gasteiger partial charge in [0.05, 0.1) is 0 Å². The van der Waals surface area contributed by atoms with Crippen LogP contribution in [0.2, 0.25) is 0 Å². The highest BCUT2D eigenvalue weighted by Crippen LogP contribution is 2.32. The van der Waals surface area contributed by atoms with Crippen molar-refractivity contribution in [2.45, 2.75) is 194 Å². The first-order chi connectivity index (χ1) is 42.7. The molecule has 0 fully saturated rings. The fourth-order valence-corrected chi connectivity index (χ4v) is 7.92. The summed E-state index contributed by atoms with van der Waals surface area (Å²) < 4.78 is 0. The first-order valence-electron chi connectivity index (χ1n) is 33.7. The Labute approximate surface area is 532 Å². The molecule has 0 nitrogen and oxygen atoms in total. The fourth-order valence-electron chi connectivity index (χ4n) is 7.92. The lowest BCUT2D eigenvalue weighted by atomic mass is 9.93. The molecule has 12 rings (SSSR count). The van der Waals surface area contributed by atoms with E-state index in [-0.39, 0.29) is 0 Å². The number of hydrogen-bond acceptors (Lipinski definition) is 0. The molecule has 0 aliphatic heterocycles. The fraction of sp³-hybridized carbons (Fsp3) is 0.326. The molecule has 0 aliphatic carbocycles. The Morgan fingerprint density at radius 1 is 0.116 bits per heavy atom. The lowest BCUT2D eigenvalue weighted by Crippen LogP contribution is -1.87. The van der Waals surface area contributed by atoms with Gasteiger partial charge in [0, 0.05) is 0 Å². The van der Waals surface area contributed by atoms with Crippen LogP contribution in [0.3, 0.4) is 0 Å². The topological polar surface area (TPSA) is 0 Å². The summed E-state index contributed by atoms with van der Waals surface area (Å²) in [6.45, 7) is 56.4. The predicted molar refractivity (Wildman–Crippen MR) is 412 cm³/mol. The Morgan fingerprint density at radius 3 is 0.419 bits per heavy atom. The van der Waals surface area contributed by atoms with Gasteiger partial charge in [-0.2, -0.15) is 0 Å². The lowest BCUT2D eigenvalue weighted by molar-refractivity contribution is 1.41. The molecule has 0 radical (unpaired) electrons. The molecule has 0 heterocycles. The van der Waals surface area contributed by atoms with E-state index >= 15 is 0 Å². The van der Waals surface area contributed by atoms with Crippen molar-refractivity contribution in [2.75, 3.05) is 0 Å². The van der Waals surface area contributed by atoms with Gasteiger partial charge in [0.1, 0.15) is 0 Å². The van der Waals surface area contributed by atoms with Crippen LogP contribution in [0.25, 0.3) is 75.4 Å². The van der Waals surface area contributed by atoms with E-state index in [1.807, 2.05) is 216 Å². The summed E-state index contributed by atoms with van der Waals surface area (Å²) in [4.78, 5) is 0. The van der Waals surface area contributed by atoms with Crippen LogP contribution in [-0.2, 0) is 0 Å². The average molecular weight is 1160 g/mol. The van der Waals surface area contributed by atoms with Crippen molar-refractivity contribution in [3.8, 4) is 0 Å². The van der Waals surface area contributed by atoms with Gasteiger partial charge in [0.2, 0.25) is 0 Å². The van der Waals surface area contributed by atoms with Gasteiger partial charge in [-0.25, -0.2) is 0 Å². The normalized spacial score (nSPS) is 8.23. The molecule has 0 aliphatic rings. The summed E-state index contributed by atoms with van der Waals surface area (Å²) in [6, 6.07) is 88.8. The number of rotatable bonds is 0. The van der Waals surface area contributed by atoms with Gasteiger partial charge in [-0.1, -0.05) is 435 Å². The zero-order chi connectivity index (χ0) is 66.9. The maximum atomic E-state index is 2.21. The molecule has 0 heteroatoms. The van der Waals surface area contributed by atoms with E-state index in [1.165, 1.54) is 86.5 Å². The molecule has 0 saturated heterocycles. The zero-order valence-corrected chi connectivity index (χ0v) is 60.2. The second kappa shape index (κ2) is 66.6. The molecule has 86 heavy (non-hydrogen) atoms. The number of fused-ring (bicyclic) bond motifs is 10. The van der Waals surface area contributed by atoms with Crippen molar-refractivity contribution in [3.63, 3.8) is 0 Å². The molecular formula is C86H126. The largest absolute Gasteiger partial charge is 0.0683 e. The zero-order valence-electron chi connectivity index (χ0n) is 60.2. The van der Waals surface area contributed by atoms with Gasteiger partial charge in [-0.05, 0) is 100 Å². The average Bonchev–Trinajstić information content (AvgIpc) is 3.66. The Kier molecular flexibility index (Phi) is 69.4. The van der Waals surface area contributed by atoms with Crippen LogP contribution in [0.5, 0.6) is 0 Å². The Bertz CT molecular complexity index is 2910. The molecule has 470 valence electrons. The number of hydrogen-bond donors (Lipinski definition) is 0. The predicted octanol–water partition coefficient (Wildman–Crippen LogP) is 30.5. The Morgan fingerprint density at radius 2 is 0.244 bits per heavy atom. The number of benzene rings is 12. The Hall–Kier alpha value is -7.54. The first kappa shape index (κ1) is 89.7. The smallest absolute Gasteiger partial charge is 0.0103 e. The Balaban J connectivity index is -0.000000215. The second-order valence-electron chi connectivity index (χ2n) is 14.9. The third-order valence-electron chi connectivity index (χ3n) is 11.1. The van der Waals surface area contributed by atoms with Crippen molar-refractivity contribution in [1.82, 2.24) is 0 Å². The minimum atomic E-state index is 1.31. The molecule has 12 aromatic carbocycles. The highest BCUT2D eigenvalue weighted by atomic mass is 14.1. The molecule has 0 atom stereocenters. The van der Waals surface area contributed by atoms with E-state index in [0.717, 1.165) is 0 Å². The van der Waals surface area contributed by atoms with E-state index < -0.39 is 0 Å². The highest BCUT2D eigenvalue weighted by molar-refractivity contribution is 6.11. The summed E-state index contributed by atoms with van der Waals surface area (Å²) in [5, 5.41) is 18.7. The molecule has 0 bridgehead atoms. The van der Waals surface area contributed by atoms with Crippen molar-refractivity contribution < 1.29 is 0 Å². The van der Waals surface area contributed by atoms with Crippen LogP contribution in [0, 0.1) is 13.8 Å². The molecule has 0 N–H and O–H groups in total. The lowest BCUT2D eigenvalue weighted by Gasteiger charge is -2.11. The minimum Gasteiger partial charge on any atom is -0.0683 e. The molecular weight excluding hydrogens is 1030 g/mol. The molecule has 0 spiro atoms. The van der Waals surface area contributed by atoms with E-state index in [4.69, 9.17) is 0 Å². The third-order valence-corrected chi connectivity index (χ3v) is 11.1. The van der Waals surface area contributed by atoms with Gasteiger partial charge in [0.25, 0.3) is 0 Å². The van der Waals surface area contributed by atoms with Crippen molar-refractivity contribution in [2.24, 2.45) is 0 Å². The van der Waals surface area contributed by atoms with Crippen LogP contribution >= 0.6 is 0 Å². The third kappa shape index (κ3) is 32.1. The van der Waals surface area contributed by atoms with E-state index in [2.05, 4.69) is 232 Å². The van der Waals surface area contributed by atoms with Crippen LogP contribution in [0.15, 0.2) is 255 Å². The molecule has 12 aromatic rings. The SMILES string of the molecule is CC.CC.CC.CC.CC.CC.CC.CC.CC.CC.CC.CC.CC.Cc1c(C)c2ccccc2c2ccccc12.c1ccc2c(c1)ccc1ccccc12.c1ccc2c(c1)ccc1ccccc12.c1ccc2ccccc2c1.c1ccccc1. The molecule has 0 aromatic heterocycles. The number of aryl methyl sites for hydroxylation is 2. The quantitative estimate of drug-likeness (QED) is 0.133. The van der Waals surface area contributed by atoms with Crippen LogP contribution in [0.4, 0.5) is 0 Å². The van der Waals surface area contributed by atoms with Gasteiger partial charge in [-0.15, -0.1) is 0 Å². The standard InChI is InChI=1S/C16H14.2C14H10.C10H8.C6H6.13C2H6/c1-11-12(2)14-8-4-6-10-16(14)15-9-5-3-7-13(11)15;2*1-3-7-13-11(5-1)9-10-12-6-2-4-8-14(12)13;1-2-6-10-8-4-3-7-9(10)5-1;1-2-4-6-5-3-1;13*1-2/h3-10H,1-2H3;2*1-10H;1-8H;1-6H;13*1-2H3. The van der Waals surface area contributed by atoms with E-state index in [0.29, 0.717) is 0 Å². The summed E-state index contributed by atoms with van der Waals surface area (Å²) in [5.74, 6) is 0. The van der Waals surface area contributed by atoms with Crippen molar-refractivity contribution >= 4 is 75.4 Å². The maximum absolute atomic E-state index is 2.21. The van der Waals surface area contributed by atoms with Crippen molar-refractivity contribution in [3.05, 3.63) is 266 Å². The highest BCUT2D eigenvalue weighted by Gasteiger charge is 2.07. The van der Waals surface area contributed by atoms with Gasteiger partial charge >= 0.3 is 0 Å². The second-order valence-corrected chi connectivity index (χ2v) is 14.9. The van der Waals surface area contributed by atoms with E-state index in [9.17, 15) is 0 Å².